The van der Waals surface area contributed by atoms with Crippen LogP contribution in [0.25, 0.3) is 77.2 Å². The van der Waals surface area contributed by atoms with Crippen LogP contribution in [0.3, 0.4) is 0 Å². The van der Waals surface area contributed by atoms with Gasteiger partial charge >= 0.3 is 0 Å². The Morgan fingerprint density at radius 3 is 1.55 bits per heavy atom. The van der Waals surface area contributed by atoms with Gasteiger partial charge in [-0.25, -0.2) is 0 Å². The van der Waals surface area contributed by atoms with Gasteiger partial charge in [0.2, 0.25) is 0 Å². The summed E-state index contributed by atoms with van der Waals surface area (Å²) in [6, 6.07) is 62.1. The molecule has 0 atom stereocenters. The number of aromatic hydroxyl groups is 1. The quantitative estimate of drug-likeness (QED) is 0.187. The van der Waals surface area contributed by atoms with Crippen LogP contribution in [0.4, 0.5) is 0 Å². The van der Waals surface area contributed by atoms with Crippen molar-refractivity contribution < 1.29 is 9.84 Å². The van der Waals surface area contributed by atoms with Crippen molar-refractivity contribution in [3.05, 3.63) is 187 Å². The van der Waals surface area contributed by atoms with Crippen LogP contribution < -0.4 is 4.74 Å². The van der Waals surface area contributed by atoms with Crippen LogP contribution in [-0.4, -0.2) is 14.2 Å². The highest BCUT2D eigenvalue weighted by Gasteiger charge is 2.18. The number of ether oxygens (including phenoxy) is 1. The van der Waals surface area contributed by atoms with Gasteiger partial charge in [-0.2, -0.15) is 0 Å². The van der Waals surface area contributed by atoms with Gasteiger partial charge in [-0.1, -0.05) is 109 Å². The van der Waals surface area contributed by atoms with Crippen LogP contribution in [0, 0.1) is 0 Å². The Hall–Kier alpha value is -6.75. The lowest BCUT2D eigenvalue weighted by molar-refractivity contribution is 0.477. The minimum Gasteiger partial charge on any atom is -0.507 e. The van der Waals surface area contributed by atoms with Gasteiger partial charge in [0.1, 0.15) is 17.2 Å². The summed E-state index contributed by atoms with van der Waals surface area (Å²) in [6.45, 7) is 0. The Kier molecular flexibility index (Phi) is 7.31. The Balaban J connectivity index is 1.14. The van der Waals surface area contributed by atoms with Crippen molar-refractivity contribution in [1.29, 1.82) is 0 Å². The molecule has 2 heterocycles. The maximum absolute atomic E-state index is 11.1. The van der Waals surface area contributed by atoms with E-state index >= 15 is 0 Å². The van der Waals surface area contributed by atoms with Crippen LogP contribution in [0.2, 0.25) is 5.02 Å². The van der Waals surface area contributed by atoms with Crippen LogP contribution in [0.1, 0.15) is 0 Å². The standard InChI is InChI=1S/C48H31ClN2O2/c49-33-24-25-38(48(52)29-33)32-26-31(37-14-1-6-19-43(37)51-46-22-9-4-17-41(46)42-18-5-10-23-47(42)51)27-36(28-32)53-35-13-11-12-34(30-35)50-44-20-7-2-15-39(44)40-16-3-8-21-45(40)50/h1-30,52H. The lowest BCUT2D eigenvalue weighted by Gasteiger charge is -2.17. The molecule has 0 saturated carbocycles. The molecule has 0 saturated heterocycles. The molecule has 10 rings (SSSR count). The van der Waals surface area contributed by atoms with E-state index < -0.39 is 0 Å². The van der Waals surface area contributed by atoms with Gasteiger partial charge in [0.15, 0.2) is 0 Å². The first-order chi connectivity index (χ1) is 26.1. The Morgan fingerprint density at radius 2 is 0.943 bits per heavy atom. The molecule has 1 N–H and O–H groups in total. The second-order valence-corrected chi connectivity index (χ2v) is 13.7. The van der Waals surface area contributed by atoms with Crippen LogP contribution >= 0.6 is 11.6 Å². The fraction of sp³-hybridized carbons (Fsp3) is 0. The van der Waals surface area contributed by atoms with E-state index in [0.29, 0.717) is 22.1 Å². The molecule has 0 radical (unpaired) electrons. The largest absolute Gasteiger partial charge is 0.507 e. The summed E-state index contributed by atoms with van der Waals surface area (Å²) in [7, 11) is 0. The third kappa shape index (κ3) is 5.23. The number of phenolic OH excluding ortho intramolecular Hbond substituents is 1. The molecule has 0 amide bonds. The molecule has 53 heavy (non-hydrogen) atoms. The van der Waals surface area contributed by atoms with E-state index in [0.717, 1.165) is 50.1 Å². The second kappa shape index (κ2) is 12.5. The lowest BCUT2D eigenvalue weighted by atomic mass is 9.96. The number of aromatic nitrogens is 2. The van der Waals surface area contributed by atoms with Gasteiger partial charge in [0.25, 0.3) is 0 Å². The summed E-state index contributed by atoms with van der Waals surface area (Å²) in [5, 5.41) is 16.4. The molecular formula is C48H31ClN2O2. The van der Waals surface area contributed by atoms with Gasteiger partial charge in [-0.15, -0.1) is 0 Å². The van der Waals surface area contributed by atoms with Gasteiger partial charge in [0, 0.05) is 49.4 Å². The first kappa shape index (κ1) is 31.0. The smallest absolute Gasteiger partial charge is 0.129 e. The molecule has 252 valence electrons. The number of hydrogen-bond donors (Lipinski definition) is 1. The van der Waals surface area contributed by atoms with Crippen molar-refractivity contribution in [2.75, 3.05) is 0 Å². The van der Waals surface area contributed by atoms with Crippen LogP contribution in [0.5, 0.6) is 17.2 Å². The minimum absolute atomic E-state index is 0.102. The van der Waals surface area contributed by atoms with Gasteiger partial charge in [0.05, 0.1) is 27.8 Å². The fourth-order valence-corrected chi connectivity index (χ4v) is 8.00. The molecule has 0 aliphatic carbocycles. The predicted octanol–water partition coefficient (Wildman–Crippen LogP) is 13.4. The number of para-hydroxylation sites is 5. The molecule has 4 nitrogen and oxygen atoms in total. The summed E-state index contributed by atoms with van der Waals surface area (Å²) >= 11 is 6.28. The number of benzene rings is 8. The van der Waals surface area contributed by atoms with Crippen molar-refractivity contribution in [2.24, 2.45) is 0 Å². The number of hydrogen-bond acceptors (Lipinski definition) is 2. The molecule has 0 aliphatic heterocycles. The van der Waals surface area contributed by atoms with Crippen molar-refractivity contribution in [2.45, 2.75) is 0 Å². The van der Waals surface area contributed by atoms with Crippen LogP contribution in [-0.2, 0) is 0 Å². The summed E-state index contributed by atoms with van der Waals surface area (Å²) in [5.74, 6) is 1.44. The molecule has 0 fully saturated rings. The summed E-state index contributed by atoms with van der Waals surface area (Å²) in [6.07, 6.45) is 0. The molecule has 0 bridgehead atoms. The zero-order valence-corrected chi connectivity index (χ0v) is 29.2. The van der Waals surface area contributed by atoms with Gasteiger partial charge < -0.3 is 19.0 Å². The number of halogens is 1. The highest BCUT2D eigenvalue weighted by atomic mass is 35.5. The van der Waals surface area contributed by atoms with Crippen molar-refractivity contribution in [1.82, 2.24) is 9.13 Å². The number of nitrogens with zero attached hydrogens (tertiary/aromatic N) is 2. The monoisotopic (exact) mass is 702 g/mol. The molecule has 10 aromatic rings. The molecule has 0 aliphatic rings. The van der Waals surface area contributed by atoms with Crippen LogP contribution in [0.15, 0.2) is 182 Å². The Morgan fingerprint density at radius 1 is 0.415 bits per heavy atom. The third-order valence-electron chi connectivity index (χ3n) is 10.1. The average molecular weight is 703 g/mol. The summed E-state index contributed by atoms with van der Waals surface area (Å²) < 4.78 is 11.4. The van der Waals surface area contributed by atoms with E-state index in [1.165, 1.54) is 21.5 Å². The zero-order valence-electron chi connectivity index (χ0n) is 28.4. The first-order valence-corrected chi connectivity index (χ1v) is 18.0. The van der Waals surface area contributed by atoms with E-state index in [2.05, 4.69) is 155 Å². The van der Waals surface area contributed by atoms with Gasteiger partial charge in [-0.05, 0) is 90.0 Å². The SMILES string of the molecule is Oc1cc(Cl)ccc1-c1cc(Oc2cccc(-n3c4ccccc4c4ccccc43)c2)cc(-c2ccccc2-n2c3ccccc3c3ccccc32)c1. The maximum atomic E-state index is 11.1. The van der Waals surface area contributed by atoms with Crippen molar-refractivity contribution in [3.8, 4) is 50.9 Å². The highest BCUT2D eigenvalue weighted by Crippen LogP contribution is 2.42. The van der Waals surface area contributed by atoms with Gasteiger partial charge in [-0.3, -0.25) is 0 Å². The van der Waals surface area contributed by atoms with Crippen molar-refractivity contribution >= 4 is 55.2 Å². The first-order valence-electron chi connectivity index (χ1n) is 17.6. The topological polar surface area (TPSA) is 39.3 Å². The summed E-state index contributed by atoms with van der Waals surface area (Å²) in [4.78, 5) is 0. The van der Waals surface area contributed by atoms with E-state index in [1.54, 1.807) is 12.1 Å². The number of rotatable bonds is 6. The lowest BCUT2D eigenvalue weighted by Crippen LogP contribution is -1.98. The molecule has 5 heteroatoms. The molecule has 0 spiro atoms. The van der Waals surface area contributed by atoms with E-state index in [9.17, 15) is 5.11 Å². The maximum Gasteiger partial charge on any atom is 0.129 e. The molecular weight excluding hydrogens is 672 g/mol. The second-order valence-electron chi connectivity index (χ2n) is 13.3. The number of phenols is 1. The minimum atomic E-state index is 0.102. The highest BCUT2D eigenvalue weighted by molar-refractivity contribution is 6.30. The third-order valence-corrected chi connectivity index (χ3v) is 10.3. The summed E-state index contributed by atoms with van der Waals surface area (Å²) in [5.41, 5.74) is 10.0. The molecule has 0 unspecified atom stereocenters. The Labute approximate surface area is 310 Å². The normalized spacial score (nSPS) is 11.6. The van der Waals surface area contributed by atoms with E-state index in [-0.39, 0.29) is 5.75 Å². The van der Waals surface area contributed by atoms with Crippen molar-refractivity contribution in [3.63, 3.8) is 0 Å². The average Bonchev–Trinajstić information content (AvgIpc) is 3.71. The van der Waals surface area contributed by atoms with E-state index in [4.69, 9.17) is 16.3 Å². The van der Waals surface area contributed by atoms with E-state index in [1.807, 2.05) is 24.3 Å². The fourth-order valence-electron chi connectivity index (χ4n) is 7.84. The molecule has 2 aromatic heterocycles. The zero-order chi connectivity index (χ0) is 35.5. The predicted molar refractivity (Wildman–Crippen MR) is 219 cm³/mol. The molecule has 8 aromatic carbocycles. The number of fused-ring (bicyclic) bond motifs is 6. The Bertz CT molecular complexity index is 2920.